The van der Waals surface area contributed by atoms with Crippen LogP contribution in [-0.2, 0) is 11.3 Å². The van der Waals surface area contributed by atoms with E-state index in [0.717, 1.165) is 18.5 Å². The van der Waals surface area contributed by atoms with Gasteiger partial charge in [0, 0.05) is 6.54 Å². The smallest absolute Gasteiger partial charge is 0.412 e. The van der Waals surface area contributed by atoms with Gasteiger partial charge in [0.1, 0.15) is 5.60 Å². The quantitative estimate of drug-likeness (QED) is 0.735. The summed E-state index contributed by atoms with van der Waals surface area (Å²) >= 11 is 0. The van der Waals surface area contributed by atoms with Crippen LogP contribution in [0.3, 0.4) is 0 Å². The first-order valence-electron chi connectivity index (χ1n) is 8.53. The van der Waals surface area contributed by atoms with Gasteiger partial charge in [0.25, 0.3) is 0 Å². The third-order valence-electron chi connectivity index (χ3n) is 3.52. The zero-order chi connectivity index (χ0) is 17.6. The predicted octanol–water partition coefficient (Wildman–Crippen LogP) is 4.04. The second-order valence-electron chi connectivity index (χ2n) is 6.84. The van der Waals surface area contributed by atoms with Crippen molar-refractivity contribution in [2.45, 2.75) is 59.1 Å². The topological polar surface area (TPSA) is 68.8 Å². The molecule has 134 valence electrons. The van der Waals surface area contributed by atoms with Gasteiger partial charge in [-0.25, -0.2) is 4.79 Å². The Morgan fingerprint density at radius 2 is 2.04 bits per heavy atom. The molecular weight excluding hydrogens is 308 g/mol. The average molecular weight is 336 g/mol. The maximum absolute atomic E-state index is 12.1. The molecule has 1 aromatic carbocycles. The standard InChI is InChI=1S/C18H28N2O4/c1-5-6-7-10-19-11-13-8-9-14-16(23-12-22-14)15(13)20-17(21)24-18(2,3)4/h8-9,19H,5-7,10-12H2,1-4H3,(H,20,21). The molecule has 2 N–H and O–H groups in total. The number of amides is 1. The molecule has 1 aromatic rings. The summed E-state index contributed by atoms with van der Waals surface area (Å²) in [5.41, 5.74) is 1.00. The molecule has 0 saturated carbocycles. The molecule has 0 bridgehead atoms. The first-order chi connectivity index (χ1) is 11.4. The summed E-state index contributed by atoms with van der Waals surface area (Å²) < 4.78 is 16.3. The summed E-state index contributed by atoms with van der Waals surface area (Å²) in [6, 6.07) is 3.80. The minimum absolute atomic E-state index is 0.158. The number of unbranched alkanes of at least 4 members (excludes halogenated alkanes) is 2. The highest BCUT2D eigenvalue weighted by Crippen LogP contribution is 2.41. The van der Waals surface area contributed by atoms with Crippen molar-refractivity contribution in [2.75, 3.05) is 18.7 Å². The van der Waals surface area contributed by atoms with Gasteiger partial charge in [-0.1, -0.05) is 25.8 Å². The number of carbonyl (C=O) groups is 1. The molecule has 24 heavy (non-hydrogen) atoms. The number of rotatable bonds is 7. The Kier molecular flexibility index (Phi) is 6.31. The molecule has 1 heterocycles. The van der Waals surface area contributed by atoms with Gasteiger partial charge in [0.15, 0.2) is 11.5 Å². The summed E-state index contributed by atoms with van der Waals surface area (Å²) in [5.74, 6) is 1.20. The fourth-order valence-electron chi connectivity index (χ4n) is 2.43. The van der Waals surface area contributed by atoms with E-state index in [0.29, 0.717) is 23.7 Å². The lowest BCUT2D eigenvalue weighted by Crippen LogP contribution is -2.28. The van der Waals surface area contributed by atoms with Crippen molar-refractivity contribution in [1.82, 2.24) is 5.32 Å². The molecule has 1 amide bonds. The minimum atomic E-state index is -0.558. The van der Waals surface area contributed by atoms with E-state index in [1.807, 2.05) is 32.9 Å². The first-order valence-corrected chi connectivity index (χ1v) is 8.53. The predicted molar refractivity (Wildman–Crippen MR) is 93.7 cm³/mol. The van der Waals surface area contributed by atoms with Gasteiger partial charge >= 0.3 is 6.09 Å². The first kappa shape index (κ1) is 18.4. The lowest BCUT2D eigenvalue weighted by Gasteiger charge is -2.21. The molecule has 0 spiro atoms. The van der Waals surface area contributed by atoms with E-state index in [-0.39, 0.29) is 6.79 Å². The Morgan fingerprint density at radius 1 is 1.25 bits per heavy atom. The van der Waals surface area contributed by atoms with Crippen LogP contribution in [-0.4, -0.2) is 25.0 Å². The zero-order valence-electron chi connectivity index (χ0n) is 15.0. The van der Waals surface area contributed by atoms with Gasteiger partial charge in [0.05, 0.1) is 5.69 Å². The van der Waals surface area contributed by atoms with E-state index in [9.17, 15) is 4.79 Å². The Hall–Kier alpha value is -1.95. The lowest BCUT2D eigenvalue weighted by molar-refractivity contribution is 0.0635. The molecule has 6 heteroatoms. The van der Waals surface area contributed by atoms with Crippen molar-refractivity contribution >= 4 is 11.8 Å². The number of hydrogen-bond acceptors (Lipinski definition) is 5. The van der Waals surface area contributed by atoms with Crippen LogP contribution in [0.4, 0.5) is 10.5 Å². The van der Waals surface area contributed by atoms with Crippen LogP contribution in [0.1, 0.15) is 52.5 Å². The highest BCUT2D eigenvalue weighted by molar-refractivity contribution is 5.89. The molecule has 2 rings (SSSR count). The van der Waals surface area contributed by atoms with Crippen molar-refractivity contribution in [3.63, 3.8) is 0 Å². The normalized spacial score (nSPS) is 13.0. The van der Waals surface area contributed by atoms with Gasteiger partial charge in [-0.05, 0) is 45.4 Å². The largest absolute Gasteiger partial charge is 0.454 e. The molecule has 1 aliphatic rings. The lowest BCUT2D eigenvalue weighted by atomic mass is 10.1. The number of carbonyl (C=O) groups excluding carboxylic acids is 1. The van der Waals surface area contributed by atoms with Crippen LogP contribution in [0.25, 0.3) is 0 Å². The fraction of sp³-hybridized carbons (Fsp3) is 0.611. The van der Waals surface area contributed by atoms with Gasteiger partial charge in [-0.3, -0.25) is 5.32 Å². The summed E-state index contributed by atoms with van der Waals surface area (Å²) in [6.07, 6.45) is 3.03. The van der Waals surface area contributed by atoms with Crippen molar-refractivity contribution < 1.29 is 19.0 Å². The molecule has 0 fully saturated rings. The fourth-order valence-corrected chi connectivity index (χ4v) is 2.43. The van der Waals surface area contributed by atoms with E-state index in [2.05, 4.69) is 17.6 Å². The van der Waals surface area contributed by atoms with E-state index >= 15 is 0 Å². The van der Waals surface area contributed by atoms with E-state index in [4.69, 9.17) is 14.2 Å². The molecule has 0 aromatic heterocycles. The maximum atomic E-state index is 12.1. The number of fused-ring (bicyclic) bond motifs is 1. The summed E-state index contributed by atoms with van der Waals surface area (Å²) in [5, 5.41) is 6.21. The van der Waals surface area contributed by atoms with E-state index < -0.39 is 11.7 Å². The maximum Gasteiger partial charge on any atom is 0.412 e. The zero-order valence-corrected chi connectivity index (χ0v) is 15.0. The minimum Gasteiger partial charge on any atom is -0.454 e. The molecule has 0 atom stereocenters. The summed E-state index contributed by atoms with van der Waals surface area (Å²) in [4.78, 5) is 12.1. The second kappa shape index (κ2) is 8.24. The molecule has 0 aliphatic carbocycles. The number of hydrogen-bond donors (Lipinski definition) is 2. The molecule has 0 saturated heterocycles. The Balaban J connectivity index is 2.08. The van der Waals surface area contributed by atoms with Crippen LogP contribution >= 0.6 is 0 Å². The summed E-state index contributed by atoms with van der Waals surface area (Å²) in [7, 11) is 0. The highest BCUT2D eigenvalue weighted by Gasteiger charge is 2.24. The van der Waals surface area contributed by atoms with Crippen LogP contribution < -0.4 is 20.1 Å². The molecule has 0 radical (unpaired) electrons. The van der Waals surface area contributed by atoms with Crippen LogP contribution in [0.15, 0.2) is 12.1 Å². The van der Waals surface area contributed by atoms with Gasteiger partial charge in [-0.15, -0.1) is 0 Å². The molecule has 1 aliphatic heterocycles. The number of benzene rings is 1. The van der Waals surface area contributed by atoms with Gasteiger partial charge < -0.3 is 19.5 Å². The van der Waals surface area contributed by atoms with E-state index in [1.54, 1.807) is 0 Å². The molecule has 0 unspecified atom stereocenters. The average Bonchev–Trinajstić information content (AvgIpc) is 2.95. The highest BCUT2D eigenvalue weighted by atomic mass is 16.7. The van der Waals surface area contributed by atoms with Crippen LogP contribution in [0, 0.1) is 0 Å². The molecule has 6 nitrogen and oxygen atoms in total. The Bertz CT molecular complexity index is 567. The van der Waals surface area contributed by atoms with Gasteiger partial charge in [0.2, 0.25) is 6.79 Å². The third kappa shape index (κ3) is 5.30. The summed E-state index contributed by atoms with van der Waals surface area (Å²) in [6.45, 7) is 9.42. The second-order valence-corrected chi connectivity index (χ2v) is 6.84. The number of anilines is 1. The SMILES string of the molecule is CCCCCNCc1ccc2c(c1NC(=O)OC(C)(C)C)OCO2. The number of nitrogens with one attached hydrogen (secondary N) is 2. The van der Waals surface area contributed by atoms with E-state index in [1.165, 1.54) is 12.8 Å². The van der Waals surface area contributed by atoms with Crippen molar-refractivity contribution in [3.05, 3.63) is 17.7 Å². The number of ether oxygens (including phenoxy) is 3. The van der Waals surface area contributed by atoms with Crippen LogP contribution in [0.5, 0.6) is 11.5 Å². The van der Waals surface area contributed by atoms with Gasteiger partial charge in [-0.2, -0.15) is 0 Å². The molecular formula is C18H28N2O4. The van der Waals surface area contributed by atoms with Crippen molar-refractivity contribution in [2.24, 2.45) is 0 Å². The third-order valence-corrected chi connectivity index (χ3v) is 3.52. The van der Waals surface area contributed by atoms with Crippen molar-refractivity contribution in [3.8, 4) is 11.5 Å². The Morgan fingerprint density at radius 3 is 2.75 bits per heavy atom. The Labute approximate surface area is 143 Å². The van der Waals surface area contributed by atoms with Crippen LogP contribution in [0.2, 0.25) is 0 Å². The van der Waals surface area contributed by atoms with Crippen molar-refractivity contribution in [1.29, 1.82) is 0 Å². The monoisotopic (exact) mass is 336 g/mol.